The number of hydrogen-bond acceptors (Lipinski definition) is 3. The topological polar surface area (TPSA) is 85.8 Å². The quantitative estimate of drug-likeness (QED) is 0.258. The average molecular weight is 485 g/mol. The molecule has 3 rings (SSSR count). The fourth-order valence-electron chi connectivity index (χ4n) is 3.47. The van der Waals surface area contributed by atoms with Gasteiger partial charge in [0.25, 0.3) is 0 Å². The molecule has 8 heteroatoms. The first kappa shape index (κ1) is 21.5. The van der Waals surface area contributed by atoms with Crippen LogP contribution in [0.15, 0.2) is 23.2 Å². The van der Waals surface area contributed by atoms with E-state index in [0.717, 1.165) is 6.42 Å². The lowest BCUT2D eigenvalue weighted by Gasteiger charge is -2.22. The number of guanidine groups is 1. The molecule has 2 aliphatic rings. The Balaban J connectivity index is 0.00000261. The van der Waals surface area contributed by atoms with Crippen LogP contribution in [0, 0.1) is 0 Å². The summed E-state index contributed by atoms with van der Waals surface area (Å²) in [6.45, 7) is 2.96. The van der Waals surface area contributed by atoms with E-state index in [-0.39, 0.29) is 48.5 Å². The van der Waals surface area contributed by atoms with Crippen LogP contribution in [0.5, 0.6) is 0 Å². The highest BCUT2D eigenvalue weighted by atomic mass is 127. The maximum absolute atomic E-state index is 11.6. The highest BCUT2D eigenvalue weighted by Gasteiger charge is 2.27. The van der Waals surface area contributed by atoms with Crippen LogP contribution in [-0.2, 0) is 17.6 Å². The van der Waals surface area contributed by atoms with Crippen LogP contribution >= 0.6 is 24.0 Å². The number of carbonyl (C=O) groups excluding carboxylic acids is 2. The van der Waals surface area contributed by atoms with E-state index in [4.69, 9.17) is 0 Å². The number of carbonyl (C=O) groups is 2. The lowest BCUT2D eigenvalue weighted by atomic mass is 9.89. The fourth-order valence-corrected chi connectivity index (χ4v) is 3.47. The molecule has 1 aromatic carbocycles. The van der Waals surface area contributed by atoms with Crippen LogP contribution in [0.2, 0.25) is 0 Å². The number of aryl methyl sites for hydroxylation is 2. The van der Waals surface area contributed by atoms with Crippen molar-refractivity contribution in [2.24, 2.45) is 4.99 Å². The summed E-state index contributed by atoms with van der Waals surface area (Å²) < 4.78 is 0. The third-order valence-corrected chi connectivity index (χ3v) is 5.01. The van der Waals surface area contributed by atoms with Crippen molar-refractivity contribution >= 4 is 41.9 Å². The molecule has 0 radical (unpaired) electrons. The van der Waals surface area contributed by atoms with Crippen molar-refractivity contribution in [1.82, 2.24) is 20.9 Å². The van der Waals surface area contributed by atoms with Gasteiger partial charge >= 0.3 is 6.03 Å². The van der Waals surface area contributed by atoms with Gasteiger partial charge in [0.1, 0.15) is 0 Å². The highest BCUT2D eigenvalue weighted by molar-refractivity contribution is 14.0. The van der Waals surface area contributed by atoms with Crippen molar-refractivity contribution in [2.45, 2.75) is 38.6 Å². The summed E-state index contributed by atoms with van der Waals surface area (Å²) in [5.74, 6) is 0.462. The molecule has 27 heavy (non-hydrogen) atoms. The molecule has 1 heterocycles. The normalized spacial score (nSPS) is 17.7. The molecule has 1 saturated heterocycles. The number of rotatable bonds is 5. The van der Waals surface area contributed by atoms with E-state index in [2.05, 4.69) is 46.1 Å². The van der Waals surface area contributed by atoms with Gasteiger partial charge in [0.2, 0.25) is 5.91 Å². The Morgan fingerprint density at radius 1 is 1.26 bits per heavy atom. The lowest BCUT2D eigenvalue weighted by molar-refractivity contribution is -0.124. The van der Waals surface area contributed by atoms with Crippen molar-refractivity contribution in [1.29, 1.82) is 0 Å². The molecule has 1 aliphatic heterocycles. The Kier molecular flexibility index (Phi) is 7.88. The van der Waals surface area contributed by atoms with Crippen molar-refractivity contribution in [3.05, 3.63) is 34.9 Å². The van der Waals surface area contributed by atoms with Crippen molar-refractivity contribution in [3.63, 3.8) is 0 Å². The smallest absolute Gasteiger partial charge is 0.324 e. The van der Waals surface area contributed by atoms with Gasteiger partial charge in [0.05, 0.1) is 12.6 Å². The molecule has 0 aromatic heterocycles. The second-order valence-electron chi connectivity index (χ2n) is 6.80. The molecule has 3 amide bonds. The first-order valence-corrected chi connectivity index (χ1v) is 9.25. The second kappa shape index (κ2) is 9.91. The van der Waals surface area contributed by atoms with Crippen LogP contribution < -0.4 is 16.0 Å². The molecule has 1 atom stereocenters. The molecule has 0 saturated carbocycles. The van der Waals surface area contributed by atoms with Gasteiger partial charge in [-0.2, -0.15) is 0 Å². The zero-order chi connectivity index (χ0) is 18.5. The summed E-state index contributed by atoms with van der Waals surface area (Å²) in [6.07, 6.45) is 4.90. The maximum Gasteiger partial charge on any atom is 0.324 e. The third-order valence-electron chi connectivity index (χ3n) is 5.01. The Labute approximate surface area is 177 Å². The summed E-state index contributed by atoms with van der Waals surface area (Å²) >= 11 is 0. The third kappa shape index (κ3) is 5.33. The van der Waals surface area contributed by atoms with Gasteiger partial charge in [-0.25, -0.2) is 4.79 Å². The van der Waals surface area contributed by atoms with Gasteiger partial charge in [-0.15, -0.1) is 24.0 Å². The van der Waals surface area contributed by atoms with E-state index in [1.54, 1.807) is 7.05 Å². The molecule has 1 aromatic rings. The van der Waals surface area contributed by atoms with Crippen LogP contribution in [0.3, 0.4) is 0 Å². The Hall–Kier alpha value is -1.84. The Morgan fingerprint density at radius 3 is 2.67 bits per heavy atom. The van der Waals surface area contributed by atoms with E-state index in [9.17, 15) is 9.59 Å². The van der Waals surface area contributed by atoms with Crippen molar-refractivity contribution in [2.75, 3.05) is 26.7 Å². The fraction of sp³-hybridized carbons (Fsp3) is 0.526. The minimum absolute atomic E-state index is 0. The molecule has 0 bridgehead atoms. The van der Waals surface area contributed by atoms with Crippen LogP contribution in [0.25, 0.3) is 0 Å². The second-order valence-corrected chi connectivity index (χ2v) is 6.80. The number of halogens is 1. The standard InChI is InChI=1S/C19H27N5O2.HI/c1-13(15-8-7-14-5-3-4-6-16(14)11-15)23-18(20-2)21-9-10-24-17(25)12-22-19(24)26;/h7-8,11,13H,3-6,9-10,12H2,1-2H3,(H,22,26)(H2,20,21,23);1H. The van der Waals surface area contributed by atoms with Gasteiger partial charge in [-0.3, -0.25) is 14.7 Å². The van der Waals surface area contributed by atoms with Crippen LogP contribution in [0.4, 0.5) is 4.79 Å². The van der Waals surface area contributed by atoms with E-state index in [1.807, 2.05) is 0 Å². The van der Waals surface area contributed by atoms with E-state index < -0.39 is 0 Å². The van der Waals surface area contributed by atoms with E-state index in [1.165, 1.54) is 40.9 Å². The summed E-state index contributed by atoms with van der Waals surface area (Å²) in [6, 6.07) is 6.51. The summed E-state index contributed by atoms with van der Waals surface area (Å²) in [7, 11) is 1.71. The zero-order valence-corrected chi connectivity index (χ0v) is 18.2. The van der Waals surface area contributed by atoms with Crippen LogP contribution in [-0.4, -0.2) is 49.5 Å². The molecule has 0 spiro atoms. The number of urea groups is 1. The first-order chi connectivity index (χ1) is 12.6. The number of nitrogens with one attached hydrogen (secondary N) is 3. The number of nitrogens with zero attached hydrogens (tertiary/aromatic N) is 2. The largest absolute Gasteiger partial charge is 0.355 e. The monoisotopic (exact) mass is 485 g/mol. The van der Waals surface area contributed by atoms with E-state index >= 15 is 0 Å². The molecular weight excluding hydrogens is 457 g/mol. The van der Waals surface area contributed by atoms with Gasteiger partial charge in [-0.05, 0) is 49.3 Å². The maximum atomic E-state index is 11.6. The minimum atomic E-state index is -0.331. The van der Waals surface area contributed by atoms with Gasteiger partial charge in [0, 0.05) is 20.1 Å². The number of benzene rings is 1. The average Bonchev–Trinajstić information content (AvgIpc) is 2.98. The Bertz CT molecular complexity index is 706. The number of hydrogen-bond donors (Lipinski definition) is 3. The molecule has 3 N–H and O–H groups in total. The summed E-state index contributed by atoms with van der Waals surface area (Å²) in [4.78, 5) is 28.6. The number of amides is 3. The molecule has 1 fully saturated rings. The number of imide groups is 1. The SMILES string of the molecule is CN=C(NCCN1C(=O)CNC1=O)NC(C)c1ccc2c(c1)CCCC2.I. The van der Waals surface area contributed by atoms with Crippen molar-refractivity contribution < 1.29 is 9.59 Å². The number of aliphatic imine (C=N–C) groups is 1. The first-order valence-electron chi connectivity index (χ1n) is 9.25. The molecular formula is C19H28IN5O2. The molecule has 1 aliphatic carbocycles. The summed E-state index contributed by atoms with van der Waals surface area (Å²) in [5.41, 5.74) is 4.18. The van der Waals surface area contributed by atoms with Crippen LogP contribution in [0.1, 0.15) is 42.5 Å². The predicted octanol–water partition coefficient (Wildman–Crippen LogP) is 1.96. The zero-order valence-electron chi connectivity index (χ0n) is 15.9. The highest BCUT2D eigenvalue weighted by Crippen LogP contribution is 2.24. The molecule has 7 nitrogen and oxygen atoms in total. The Morgan fingerprint density at radius 2 is 2.00 bits per heavy atom. The predicted molar refractivity (Wildman–Crippen MR) is 117 cm³/mol. The van der Waals surface area contributed by atoms with E-state index in [0.29, 0.717) is 19.0 Å². The van der Waals surface area contributed by atoms with Gasteiger partial charge in [-0.1, -0.05) is 18.2 Å². The van der Waals surface area contributed by atoms with Gasteiger partial charge < -0.3 is 16.0 Å². The van der Waals surface area contributed by atoms with Gasteiger partial charge in [0.15, 0.2) is 5.96 Å². The lowest BCUT2D eigenvalue weighted by Crippen LogP contribution is -2.43. The minimum Gasteiger partial charge on any atom is -0.355 e. The molecule has 1 unspecified atom stereocenters. The summed E-state index contributed by atoms with van der Waals surface area (Å²) in [5, 5.41) is 9.05. The molecule has 148 valence electrons. The number of fused-ring (bicyclic) bond motifs is 1. The van der Waals surface area contributed by atoms with Crippen molar-refractivity contribution in [3.8, 4) is 0 Å².